The lowest BCUT2D eigenvalue weighted by Gasteiger charge is -2.36. The normalized spacial score (nSPS) is 24.3. The molecule has 1 aromatic carbocycles. The summed E-state index contributed by atoms with van der Waals surface area (Å²) in [5.41, 5.74) is 7.26. The number of hydrogen-bond acceptors (Lipinski definition) is 2. The smallest absolute Gasteiger partial charge is 0.0640 e. The largest absolute Gasteiger partial charge is 0.324 e. The van der Waals surface area contributed by atoms with Gasteiger partial charge in [-0.1, -0.05) is 55.1 Å². The van der Waals surface area contributed by atoms with Gasteiger partial charge in [0.15, 0.2) is 0 Å². The Morgan fingerprint density at radius 3 is 2.71 bits per heavy atom. The van der Waals surface area contributed by atoms with Crippen molar-refractivity contribution in [1.82, 2.24) is 4.90 Å². The fourth-order valence-electron chi connectivity index (χ4n) is 3.42. The summed E-state index contributed by atoms with van der Waals surface area (Å²) in [6.45, 7) is 3.37. The van der Waals surface area contributed by atoms with E-state index in [1.54, 1.807) is 6.07 Å². The van der Waals surface area contributed by atoms with Crippen molar-refractivity contribution in [1.29, 1.82) is 0 Å². The van der Waals surface area contributed by atoms with Crippen LogP contribution in [-0.4, -0.2) is 24.5 Å². The zero-order valence-corrected chi connectivity index (χ0v) is 14.5. The van der Waals surface area contributed by atoms with Crippen LogP contribution in [0.5, 0.6) is 0 Å². The van der Waals surface area contributed by atoms with Gasteiger partial charge in [0.2, 0.25) is 0 Å². The number of nitrogens with two attached hydrogens (primary N) is 1. The van der Waals surface area contributed by atoms with Crippen LogP contribution in [0, 0.1) is 5.92 Å². The second kappa shape index (κ2) is 7.82. The van der Waals surface area contributed by atoms with Crippen molar-refractivity contribution in [2.45, 2.75) is 51.1 Å². The molecule has 2 rings (SSSR count). The predicted octanol–water partition coefficient (Wildman–Crippen LogP) is 4.89. The lowest BCUT2D eigenvalue weighted by atomic mass is 9.85. The minimum absolute atomic E-state index is 0.0578. The number of hydrogen-bond donors (Lipinski definition) is 1. The fourth-order valence-corrected chi connectivity index (χ4v) is 3.87. The van der Waals surface area contributed by atoms with Crippen LogP contribution in [0.15, 0.2) is 18.2 Å². The standard InChI is InChI=1S/C17H26Cl2N2/c1-12-6-3-4-9-16(12)21(2)11-10-15(20)13-7-5-8-14(18)17(13)19/h5,7-8,12,15-16H,3-4,6,9-11,20H2,1-2H3. The van der Waals surface area contributed by atoms with Crippen LogP contribution in [-0.2, 0) is 0 Å². The van der Waals surface area contributed by atoms with Crippen molar-refractivity contribution in [3.05, 3.63) is 33.8 Å². The van der Waals surface area contributed by atoms with E-state index in [-0.39, 0.29) is 6.04 Å². The van der Waals surface area contributed by atoms with Gasteiger partial charge in [-0.2, -0.15) is 0 Å². The van der Waals surface area contributed by atoms with Crippen LogP contribution in [0.2, 0.25) is 10.0 Å². The summed E-state index contributed by atoms with van der Waals surface area (Å²) in [6, 6.07) is 6.33. The molecule has 2 nitrogen and oxygen atoms in total. The van der Waals surface area contributed by atoms with Gasteiger partial charge in [-0.15, -0.1) is 0 Å². The van der Waals surface area contributed by atoms with Gasteiger partial charge in [0.05, 0.1) is 10.0 Å². The third-order valence-corrected chi connectivity index (χ3v) is 5.64. The molecule has 4 heteroatoms. The molecule has 2 N–H and O–H groups in total. The first-order chi connectivity index (χ1) is 10.0. The molecule has 1 aromatic rings. The summed E-state index contributed by atoms with van der Waals surface area (Å²) in [5.74, 6) is 0.787. The quantitative estimate of drug-likeness (QED) is 0.833. The van der Waals surface area contributed by atoms with Crippen molar-refractivity contribution in [2.24, 2.45) is 11.7 Å². The van der Waals surface area contributed by atoms with E-state index in [0.29, 0.717) is 16.1 Å². The fraction of sp³-hybridized carbons (Fsp3) is 0.647. The zero-order chi connectivity index (χ0) is 15.4. The summed E-state index contributed by atoms with van der Waals surface area (Å²) >= 11 is 12.3. The summed E-state index contributed by atoms with van der Waals surface area (Å²) in [7, 11) is 2.22. The Morgan fingerprint density at radius 1 is 1.29 bits per heavy atom. The molecule has 0 saturated heterocycles. The molecule has 1 saturated carbocycles. The number of benzene rings is 1. The van der Waals surface area contributed by atoms with Gasteiger partial charge < -0.3 is 10.6 Å². The average Bonchev–Trinajstić information content (AvgIpc) is 2.47. The lowest BCUT2D eigenvalue weighted by Crippen LogP contribution is -2.40. The number of nitrogens with zero attached hydrogens (tertiary/aromatic N) is 1. The molecule has 1 aliphatic rings. The van der Waals surface area contributed by atoms with E-state index in [2.05, 4.69) is 18.9 Å². The van der Waals surface area contributed by atoms with Gasteiger partial charge in [-0.05, 0) is 50.4 Å². The van der Waals surface area contributed by atoms with Crippen molar-refractivity contribution < 1.29 is 0 Å². The third kappa shape index (κ3) is 4.35. The molecule has 1 fully saturated rings. The van der Waals surface area contributed by atoms with Crippen LogP contribution in [0.25, 0.3) is 0 Å². The highest BCUT2D eigenvalue weighted by Gasteiger charge is 2.25. The first-order valence-electron chi connectivity index (χ1n) is 7.90. The van der Waals surface area contributed by atoms with Gasteiger partial charge in [0.1, 0.15) is 0 Å². The van der Waals surface area contributed by atoms with Crippen molar-refractivity contribution in [3.63, 3.8) is 0 Å². The molecular formula is C17H26Cl2N2. The topological polar surface area (TPSA) is 29.3 Å². The molecular weight excluding hydrogens is 303 g/mol. The summed E-state index contributed by atoms with van der Waals surface area (Å²) in [5, 5.41) is 1.18. The highest BCUT2D eigenvalue weighted by atomic mass is 35.5. The third-order valence-electron chi connectivity index (χ3n) is 4.81. The van der Waals surface area contributed by atoms with Crippen LogP contribution in [0.4, 0.5) is 0 Å². The van der Waals surface area contributed by atoms with Gasteiger partial charge in [-0.25, -0.2) is 0 Å². The number of rotatable bonds is 5. The molecule has 0 radical (unpaired) electrons. The van der Waals surface area contributed by atoms with Gasteiger partial charge >= 0.3 is 0 Å². The summed E-state index contributed by atoms with van der Waals surface area (Å²) in [6.07, 6.45) is 6.29. The Hall–Kier alpha value is -0.280. The Balaban J connectivity index is 1.91. The van der Waals surface area contributed by atoms with Gasteiger partial charge in [-0.3, -0.25) is 0 Å². The molecule has 0 aromatic heterocycles. The second-order valence-electron chi connectivity index (χ2n) is 6.35. The van der Waals surface area contributed by atoms with Crippen LogP contribution in [0.3, 0.4) is 0 Å². The minimum atomic E-state index is -0.0578. The lowest BCUT2D eigenvalue weighted by molar-refractivity contribution is 0.136. The van der Waals surface area contributed by atoms with Crippen molar-refractivity contribution >= 4 is 23.2 Å². The van der Waals surface area contributed by atoms with Crippen molar-refractivity contribution in [3.8, 4) is 0 Å². The first-order valence-corrected chi connectivity index (χ1v) is 8.66. The van der Waals surface area contributed by atoms with E-state index in [0.717, 1.165) is 24.4 Å². The van der Waals surface area contributed by atoms with Gasteiger partial charge in [0.25, 0.3) is 0 Å². The van der Waals surface area contributed by atoms with Crippen LogP contribution in [0.1, 0.15) is 50.6 Å². The second-order valence-corrected chi connectivity index (χ2v) is 7.13. The number of halogens is 2. The molecule has 1 aliphatic carbocycles. The maximum absolute atomic E-state index is 6.31. The summed E-state index contributed by atoms with van der Waals surface area (Å²) in [4.78, 5) is 2.47. The molecule has 3 atom stereocenters. The zero-order valence-electron chi connectivity index (χ0n) is 13.0. The predicted molar refractivity (Wildman–Crippen MR) is 92.1 cm³/mol. The van der Waals surface area contributed by atoms with Crippen LogP contribution < -0.4 is 5.73 Å². The molecule has 0 heterocycles. The molecule has 0 amide bonds. The SMILES string of the molecule is CC1CCCCC1N(C)CCC(N)c1cccc(Cl)c1Cl. The van der Waals surface area contributed by atoms with Crippen LogP contribution >= 0.6 is 23.2 Å². The van der Waals surface area contributed by atoms with E-state index in [9.17, 15) is 0 Å². The average molecular weight is 329 g/mol. The van der Waals surface area contributed by atoms with E-state index in [4.69, 9.17) is 28.9 Å². The molecule has 0 spiro atoms. The monoisotopic (exact) mass is 328 g/mol. The molecule has 0 bridgehead atoms. The maximum Gasteiger partial charge on any atom is 0.0640 e. The van der Waals surface area contributed by atoms with Crippen molar-refractivity contribution in [2.75, 3.05) is 13.6 Å². The summed E-state index contributed by atoms with van der Waals surface area (Å²) < 4.78 is 0. The van der Waals surface area contributed by atoms with E-state index in [1.807, 2.05) is 12.1 Å². The molecule has 0 aliphatic heterocycles. The molecule has 21 heavy (non-hydrogen) atoms. The Kier molecular flexibility index (Phi) is 6.36. The Bertz CT molecular complexity index is 464. The Morgan fingerprint density at radius 2 is 2.00 bits per heavy atom. The Labute approximate surface area is 138 Å². The maximum atomic E-state index is 6.31. The first kappa shape index (κ1) is 17.1. The highest BCUT2D eigenvalue weighted by Crippen LogP contribution is 2.31. The van der Waals surface area contributed by atoms with E-state index >= 15 is 0 Å². The minimum Gasteiger partial charge on any atom is -0.324 e. The van der Waals surface area contributed by atoms with E-state index in [1.165, 1.54) is 25.7 Å². The highest BCUT2D eigenvalue weighted by molar-refractivity contribution is 6.42. The van der Waals surface area contributed by atoms with Gasteiger partial charge in [0, 0.05) is 12.1 Å². The molecule has 3 unspecified atom stereocenters. The van der Waals surface area contributed by atoms with E-state index < -0.39 is 0 Å². The molecule has 118 valence electrons.